The maximum absolute atomic E-state index is 12.8. The van der Waals surface area contributed by atoms with Gasteiger partial charge >= 0.3 is 6.18 Å². The average Bonchev–Trinajstić information content (AvgIpc) is 2.53. The Hall–Kier alpha value is -2.07. The van der Waals surface area contributed by atoms with Crippen LogP contribution in [-0.2, 0) is 12.1 Å². The molecule has 5 heteroatoms. The van der Waals surface area contributed by atoms with Gasteiger partial charge in [0.15, 0.2) is 0 Å². The molecule has 112 valence electrons. The monoisotopic (exact) mass is 321 g/mol. The van der Waals surface area contributed by atoms with Crippen LogP contribution in [0.25, 0.3) is 22.2 Å². The van der Waals surface area contributed by atoms with Crippen LogP contribution in [0.15, 0.2) is 54.6 Å². The van der Waals surface area contributed by atoms with E-state index < -0.39 is 11.7 Å². The highest BCUT2D eigenvalue weighted by atomic mass is 35.5. The minimum absolute atomic E-state index is 0.302. The Bertz CT molecular complexity index is 827. The van der Waals surface area contributed by atoms with Gasteiger partial charge in [-0.3, -0.25) is 0 Å². The van der Waals surface area contributed by atoms with E-state index in [0.29, 0.717) is 22.7 Å². The quantitative estimate of drug-likeness (QED) is 0.555. The van der Waals surface area contributed by atoms with E-state index in [9.17, 15) is 13.2 Å². The summed E-state index contributed by atoms with van der Waals surface area (Å²) in [6.07, 6.45) is -4.37. The zero-order valence-corrected chi connectivity index (χ0v) is 12.1. The van der Waals surface area contributed by atoms with Crippen molar-refractivity contribution in [2.45, 2.75) is 12.1 Å². The van der Waals surface area contributed by atoms with Crippen molar-refractivity contribution in [2.24, 2.45) is 0 Å². The number of rotatable bonds is 2. The minimum Gasteiger partial charge on any atom is -0.247 e. The van der Waals surface area contributed by atoms with E-state index in [4.69, 9.17) is 11.6 Å². The third kappa shape index (κ3) is 2.79. The summed E-state index contributed by atoms with van der Waals surface area (Å²) in [7, 11) is 0. The molecule has 0 amide bonds. The van der Waals surface area contributed by atoms with Gasteiger partial charge in [-0.2, -0.15) is 13.2 Å². The van der Waals surface area contributed by atoms with E-state index in [-0.39, 0.29) is 0 Å². The van der Waals surface area contributed by atoms with Gasteiger partial charge in [0.25, 0.3) is 0 Å². The van der Waals surface area contributed by atoms with Gasteiger partial charge in [0, 0.05) is 16.8 Å². The molecule has 0 saturated heterocycles. The van der Waals surface area contributed by atoms with Gasteiger partial charge in [-0.15, -0.1) is 11.6 Å². The Balaban J connectivity index is 2.15. The molecule has 3 rings (SSSR count). The number of hydrogen-bond acceptors (Lipinski definition) is 1. The van der Waals surface area contributed by atoms with Crippen molar-refractivity contribution in [1.29, 1.82) is 0 Å². The lowest BCUT2D eigenvalue weighted by atomic mass is 10.0. The number of hydrogen-bond donors (Lipinski definition) is 0. The third-order valence-electron chi connectivity index (χ3n) is 3.43. The molecule has 0 bridgehead atoms. The fourth-order valence-electron chi connectivity index (χ4n) is 2.33. The van der Waals surface area contributed by atoms with Gasteiger partial charge in [0.1, 0.15) is 0 Å². The summed E-state index contributed by atoms with van der Waals surface area (Å²) in [4.78, 5) is 4.49. The highest BCUT2D eigenvalue weighted by molar-refractivity contribution is 6.17. The summed E-state index contributed by atoms with van der Waals surface area (Å²) < 4.78 is 38.5. The first-order chi connectivity index (χ1) is 10.5. The van der Waals surface area contributed by atoms with E-state index >= 15 is 0 Å². The first-order valence-electron chi connectivity index (χ1n) is 6.61. The van der Waals surface area contributed by atoms with Crippen molar-refractivity contribution in [3.63, 3.8) is 0 Å². The van der Waals surface area contributed by atoms with E-state index in [0.717, 1.165) is 23.1 Å². The first kappa shape index (κ1) is 14.9. The molecule has 0 fully saturated rings. The second kappa shape index (κ2) is 5.61. The van der Waals surface area contributed by atoms with Gasteiger partial charge in [-0.1, -0.05) is 36.4 Å². The Morgan fingerprint density at radius 1 is 0.955 bits per heavy atom. The number of aromatic nitrogens is 1. The Kier molecular flexibility index (Phi) is 3.79. The van der Waals surface area contributed by atoms with Gasteiger partial charge in [-0.25, -0.2) is 4.98 Å². The SMILES string of the molecule is FC(F)(F)c1cccc(-c2ccc3cccc(CCl)c3n2)c1. The highest BCUT2D eigenvalue weighted by Crippen LogP contribution is 2.32. The maximum atomic E-state index is 12.8. The molecule has 0 saturated carbocycles. The van der Waals surface area contributed by atoms with Crippen LogP contribution in [0.5, 0.6) is 0 Å². The molecule has 0 atom stereocenters. The molecule has 2 aromatic carbocycles. The number of benzene rings is 2. The van der Waals surface area contributed by atoms with Crippen LogP contribution in [-0.4, -0.2) is 4.98 Å². The highest BCUT2D eigenvalue weighted by Gasteiger charge is 2.30. The fourth-order valence-corrected chi connectivity index (χ4v) is 2.55. The Morgan fingerprint density at radius 2 is 1.73 bits per heavy atom. The van der Waals surface area contributed by atoms with E-state index in [1.165, 1.54) is 6.07 Å². The van der Waals surface area contributed by atoms with Crippen LogP contribution < -0.4 is 0 Å². The summed E-state index contributed by atoms with van der Waals surface area (Å²) in [6.45, 7) is 0. The predicted molar refractivity (Wildman–Crippen MR) is 81.7 cm³/mol. The molecular weight excluding hydrogens is 311 g/mol. The summed E-state index contributed by atoms with van der Waals surface area (Å²) in [5.74, 6) is 0.302. The van der Waals surface area contributed by atoms with Gasteiger partial charge in [-0.05, 0) is 23.8 Å². The van der Waals surface area contributed by atoms with Crippen LogP contribution in [0.2, 0.25) is 0 Å². The summed E-state index contributed by atoms with van der Waals surface area (Å²) in [5, 5.41) is 0.911. The average molecular weight is 322 g/mol. The summed E-state index contributed by atoms with van der Waals surface area (Å²) >= 11 is 5.90. The lowest BCUT2D eigenvalue weighted by Crippen LogP contribution is -2.04. The lowest BCUT2D eigenvalue weighted by molar-refractivity contribution is -0.137. The first-order valence-corrected chi connectivity index (χ1v) is 7.15. The van der Waals surface area contributed by atoms with E-state index in [1.54, 1.807) is 12.1 Å². The third-order valence-corrected chi connectivity index (χ3v) is 3.72. The molecule has 0 unspecified atom stereocenters. The molecule has 22 heavy (non-hydrogen) atoms. The molecule has 3 aromatic rings. The van der Waals surface area contributed by atoms with Gasteiger partial charge < -0.3 is 0 Å². The van der Waals surface area contributed by atoms with Crippen molar-refractivity contribution in [2.75, 3.05) is 0 Å². The number of halogens is 4. The molecule has 0 aliphatic carbocycles. The molecule has 0 aliphatic rings. The normalized spacial score (nSPS) is 11.8. The second-order valence-corrected chi connectivity index (χ2v) is 5.16. The summed E-state index contributed by atoms with van der Waals surface area (Å²) in [5.41, 5.74) is 1.81. The molecule has 1 aromatic heterocycles. The Morgan fingerprint density at radius 3 is 2.45 bits per heavy atom. The molecule has 1 nitrogen and oxygen atoms in total. The fraction of sp³-hybridized carbons (Fsp3) is 0.118. The van der Waals surface area contributed by atoms with Crippen LogP contribution in [0.4, 0.5) is 13.2 Å². The van der Waals surface area contributed by atoms with Crippen LogP contribution >= 0.6 is 11.6 Å². The zero-order valence-electron chi connectivity index (χ0n) is 11.4. The van der Waals surface area contributed by atoms with Gasteiger partial charge in [0.05, 0.1) is 16.8 Å². The van der Waals surface area contributed by atoms with Crippen LogP contribution in [0, 0.1) is 0 Å². The number of nitrogens with zero attached hydrogens (tertiary/aromatic N) is 1. The number of alkyl halides is 4. The largest absolute Gasteiger partial charge is 0.416 e. The zero-order chi connectivity index (χ0) is 15.7. The molecule has 1 heterocycles. The number of pyridine rings is 1. The molecule has 0 aliphatic heterocycles. The van der Waals surface area contributed by atoms with Crippen molar-refractivity contribution in [1.82, 2.24) is 4.98 Å². The van der Waals surface area contributed by atoms with Crippen molar-refractivity contribution in [3.8, 4) is 11.3 Å². The molecule has 0 spiro atoms. The molecular formula is C17H11ClF3N. The number of fused-ring (bicyclic) bond motifs is 1. The van der Waals surface area contributed by atoms with E-state index in [1.807, 2.05) is 24.3 Å². The van der Waals surface area contributed by atoms with E-state index in [2.05, 4.69) is 4.98 Å². The second-order valence-electron chi connectivity index (χ2n) is 4.90. The summed E-state index contributed by atoms with van der Waals surface area (Å²) in [6, 6.07) is 14.4. The van der Waals surface area contributed by atoms with Crippen LogP contribution in [0.3, 0.4) is 0 Å². The predicted octanol–water partition coefficient (Wildman–Crippen LogP) is 5.66. The standard InChI is InChI=1S/C17H11ClF3N/c18-10-13-5-1-3-11-7-8-15(22-16(11)13)12-4-2-6-14(9-12)17(19,20)21/h1-9H,10H2. The minimum atomic E-state index is -4.37. The topological polar surface area (TPSA) is 12.9 Å². The van der Waals surface area contributed by atoms with Crippen molar-refractivity contribution >= 4 is 22.5 Å². The smallest absolute Gasteiger partial charge is 0.247 e. The van der Waals surface area contributed by atoms with Crippen molar-refractivity contribution in [3.05, 3.63) is 65.7 Å². The molecule has 0 N–H and O–H groups in total. The van der Waals surface area contributed by atoms with Crippen LogP contribution in [0.1, 0.15) is 11.1 Å². The number of para-hydroxylation sites is 1. The Labute approximate surface area is 130 Å². The molecule has 0 radical (unpaired) electrons. The lowest BCUT2D eigenvalue weighted by Gasteiger charge is -2.10. The maximum Gasteiger partial charge on any atom is 0.416 e. The van der Waals surface area contributed by atoms with Crippen molar-refractivity contribution < 1.29 is 13.2 Å². The van der Waals surface area contributed by atoms with Gasteiger partial charge in [0.2, 0.25) is 0 Å².